The van der Waals surface area contributed by atoms with Crippen molar-refractivity contribution in [1.29, 1.82) is 0 Å². The van der Waals surface area contributed by atoms with Crippen LogP contribution in [-0.2, 0) is 0 Å². The maximum absolute atomic E-state index is 11.6. The molecule has 4 aromatic rings. The predicted octanol–water partition coefficient (Wildman–Crippen LogP) is 3.44. The molecule has 0 atom stereocenters. The Morgan fingerprint density at radius 2 is 2.08 bits per heavy atom. The third-order valence-electron chi connectivity index (χ3n) is 3.97. The number of pyridine rings is 2. The molecule has 0 aliphatic carbocycles. The van der Waals surface area contributed by atoms with Crippen LogP contribution in [0.2, 0.25) is 0 Å². The first kappa shape index (κ1) is 15.0. The summed E-state index contributed by atoms with van der Waals surface area (Å²) in [6.07, 6.45) is 5.26. The van der Waals surface area contributed by atoms with Crippen molar-refractivity contribution in [3.05, 3.63) is 77.5 Å². The molecule has 6 nitrogen and oxygen atoms in total. The van der Waals surface area contributed by atoms with Crippen LogP contribution in [0.15, 0.2) is 71.9 Å². The summed E-state index contributed by atoms with van der Waals surface area (Å²) in [6.45, 7) is 0. The number of aromatic nitrogens is 3. The molecule has 25 heavy (non-hydrogen) atoms. The number of rotatable bonds is 4. The highest BCUT2D eigenvalue weighted by Gasteiger charge is 2.09. The summed E-state index contributed by atoms with van der Waals surface area (Å²) in [5.74, 6) is 0.782. The number of nitrogens with one attached hydrogen (secondary N) is 2. The zero-order valence-corrected chi connectivity index (χ0v) is 13.6. The van der Waals surface area contributed by atoms with Crippen molar-refractivity contribution in [1.82, 2.24) is 14.4 Å². The fourth-order valence-electron chi connectivity index (χ4n) is 2.81. The van der Waals surface area contributed by atoms with Crippen molar-refractivity contribution in [2.45, 2.75) is 0 Å². The molecule has 3 heterocycles. The standard InChI is InChI=1S/C19H16N4O2/c1-25-15-4-2-3-14(12-15)22-16-5-6-17(23-10-9-21-19(16)23)13-7-8-20-18(24)11-13/h2-12,22H,1H3,(H,20,24). The molecule has 0 saturated heterocycles. The number of anilines is 2. The van der Waals surface area contributed by atoms with Gasteiger partial charge in [0.1, 0.15) is 5.75 Å². The fraction of sp³-hybridized carbons (Fsp3) is 0.0526. The lowest BCUT2D eigenvalue weighted by atomic mass is 10.1. The van der Waals surface area contributed by atoms with E-state index in [1.165, 1.54) is 0 Å². The highest BCUT2D eigenvalue weighted by Crippen LogP contribution is 2.27. The topological polar surface area (TPSA) is 71.4 Å². The maximum atomic E-state index is 11.6. The van der Waals surface area contributed by atoms with E-state index in [2.05, 4.69) is 15.3 Å². The van der Waals surface area contributed by atoms with E-state index < -0.39 is 0 Å². The lowest BCUT2D eigenvalue weighted by Gasteiger charge is -2.12. The van der Waals surface area contributed by atoms with E-state index in [0.717, 1.165) is 34.0 Å². The molecule has 2 N–H and O–H groups in total. The average Bonchev–Trinajstić information content (AvgIpc) is 3.12. The molecular formula is C19H16N4O2. The summed E-state index contributed by atoms with van der Waals surface area (Å²) < 4.78 is 7.22. The van der Waals surface area contributed by atoms with Crippen LogP contribution in [0.5, 0.6) is 5.75 Å². The van der Waals surface area contributed by atoms with Crippen molar-refractivity contribution < 1.29 is 4.74 Å². The summed E-state index contributed by atoms with van der Waals surface area (Å²) in [5, 5.41) is 3.37. The minimum Gasteiger partial charge on any atom is -0.497 e. The highest BCUT2D eigenvalue weighted by atomic mass is 16.5. The summed E-state index contributed by atoms with van der Waals surface area (Å²) in [4.78, 5) is 18.7. The molecule has 4 rings (SSSR count). The number of nitrogens with zero attached hydrogens (tertiary/aromatic N) is 2. The number of methoxy groups -OCH3 is 1. The van der Waals surface area contributed by atoms with Gasteiger partial charge in [0.15, 0.2) is 5.65 Å². The van der Waals surface area contributed by atoms with Gasteiger partial charge in [-0.15, -0.1) is 0 Å². The number of fused-ring (bicyclic) bond motifs is 1. The van der Waals surface area contributed by atoms with Gasteiger partial charge in [-0.3, -0.25) is 9.20 Å². The van der Waals surface area contributed by atoms with Gasteiger partial charge in [0.2, 0.25) is 5.56 Å². The van der Waals surface area contributed by atoms with E-state index >= 15 is 0 Å². The van der Waals surface area contributed by atoms with E-state index in [-0.39, 0.29) is 5.56 Å². The van der Waals surface area contributed by atoms with Crippen molar-refractivity contribution in [2.24, 2.45) is 0 Å². The minimum absolute atomic E-state index is 0.135. The van der Waals surface area contributed by atoms with Gasteiger partial charge in [0, 0.05) is 42.0 Å². The first-order valence-electron chi connectivity index (χ1n) is 7.81. The van der Waals surface area contributed by atoms with Gasteiger partial charge in [0.25, 0.3) is 0 Å². The van der Waals surface area contributed by atoms with Gasteiger partial charge in [-0.05, 0) is 30.3 Å². The Labute approximate surface area is 143 Å². The molecule has 0 aliphatic heterocycles. The molecule has 6 heteroatoms. The first-order chi connectivity index (χ1) is 12.2. The number of aromatic amines is 1. The van der Waals surface area contributed by atoms with Gasteiger partial charge in [0.05, 0.1) is 18.5 Å². The van der Waals surface area contributed by atoms with E-state index in [1.54, 1.807) is 25.6 Å². The van der Waals surface area contributed by atoms with Crippen LogP contribution in [0.4, 0.5) is 11.4 Å². The van der Waals surface area contributed by atoms with E-state index in [9.17, 15) is 4.79 Å². The number of imidazole rings is 1. The molecule has 0 fully saturated rings. The third kappa shape index (κ3) is 2.85. The van der Waals surface area contributed by atoms with Crippen molar-refractivity contribution in [3.63, 3.8) is 0 Å². The largest absolute Gasteiger partial charge is 0.497 e. The van der Waals surface area contributed by atoms with E-state index in [1.807, 2.05) is 53.1 Å². The summed E-state index contributed by atoms with van der Waals surface area (Å²) in [6, 6.07) is 15.1. The molecule has 124 valence electrons. The molecule has 0 radical (unpaired) electrons. The number of benzene rings is 1. The van der Waals surface area contributed by atoms with Crippen molar-refractivity contribution >= 4 is 17.0 Å². The highest BCUT2D eigenvalue weighted by molar-refractivity contribution is 5.78. The van der Waals surface area contributed by atoms with Crippen LogP contribution >= 0.6 is 0 Å². The van der Waals surface area contributed by atoms with Crippen LogP contribution in [0.1, 0.15) is 0 Å². The lowest BCUT2D eigenvalue weighted by molar-refractivity contribution is 0.415. The summed E-state index contributed by atoms with van der Waals surface area (Å²) >= 11 is 0. The van der Waals surface area contributed by atoms with Gasteiger partial charge in [-0.1, -0.05) is 6.07 Å². The van der Waals surface area contributed by atoms with Gasteiger partial charge in [-0.2, -0.15) is 0 Å². The number of hydrogen-bond acceptors (Lipinski definition) is 4. The quantitative estimate of drug-likeness (QED) is 0.600. The second kappa shape index (κ2) is 6.16. The minimum atomic E-state index is -0.135. The van der Waals surface area contributed by atoms with Gasteiger partial charge < -0.3 is 15.0 Å². The smallest absolute Gasteiger partial charge is 0.248 e. The Morgan fingerprint density at radius 1 is 1.16 bits per heavy atom. The third-order valence-corrected chi connectivity index (χ3v) is 3.97. The first-order valence-corrected chi connectivity index (χ1v) is 7.81. The lowest BCUT2D eigenvalue weighted by Crippen LogP contribution is -2.04. The molecule has 0 saturated carbocycles. The molecule has 0 bridgehead atoms. The molecular weight excluding hydrogens is 316 g/mol. The Bertz CT molecular complexity index is 1100. The van der Waals surface area contributed by atoms with E-state index in [4.69, 9.17) is 4.74 Å². The van der Waals surface area contributed by atoms with Crippen LogP contribution in [-0.4, -0.2) is 21.5 Å². The molecule has 0 amide bonds. The maximum Gasteiger partial charge on any atom is 0.248 e. The second-order valence-corrected chi connectivity index (χ2v) is 5.55. The molecule has 0 aliphatic rings. The Hall–Kier alpha value is -3.54. The van der Waals surface area contributed by atoms with Gasteiger partial charge >= 0.3 is 0 Å². The van der Waals surface area contributed by atoms with Crippen molar-refractivity contribution in [3.8, 4) is 17.0 Å². The Balaban J connectivity index is 1.78. The van der Waals surface area contributed by atoms with Crippen LogP contribution in [0.3, 0.4) is 0 Å². The SMILES string of the molecule is COc1cccc(Nc2ccc(-c3cc[nH]c(=O)c3)n3ccnc23)c1. The average molecular weight is 332 g/mol. The van der Waals surface area contributed by atoms with Gasteiger partial charge in [-0.25, -0.2) is 4.98 Å². The van der Waals surface area contributed by atoms with Crippen LogP contribution in [0, 0.1) is 0 Å². The van der Waals surface area contributed by atoms with Crippen molar-refractivity contribution in [2.75, 3.05) is 12.4 Å². The second-order valence-electron chi connectivity index (χ2n) is 5.55. The molecule has 1 aromatic carbocycles. The predicted molar refractivity (Wildman–Crippen MR) is 97.5 cm³/mol. The number of H-pyrrole nitrogens is 1. The zero-order valence-electron chi connectivity index (χ0n) is 13.6. The summed E-state index contributed by atoms with van der Waals surface area (Å²) in [7, 11) is 1.64. The zero-order chi connectivity index (χ0) is 17.2. The fourth-order valence-corrected chi connectivity index (χ4v) is 2.81. The number of ether oxygens (including phenoxy) is 1. The van der Waals surface area contributed by atoms with E-state index in [0.29, 0.717) is 0 Å². The van der Waals surface area contributed by atoms with Crippen LogP contribution < -0.4 is 15.6 Å². The Kier molecular flexibility index (Phi) is 3.70. The molecule has 3 aromatic heterocycles. The summed E-state index contributed by atoms with van der Waals surface area (Å²) in [5.41, 5.74) is 4.15. The number of hydrogen-bond donors (Lipinski definition) is 2. The molecule has 0 unspecified atom stereocenters. The monoisotopic (exact) mass is 332 g/mol. The Morgan fingerprint density at radius 3 is 2.92 bits per heavy atom. The normalized spacial score (nSPS) is 10.8. The van der Waals surface area contributed by atoms with Crippen LogP contribution in [0.25, 0.3) is 16.9 Å². The molecule has 0 spiro atoms.